The summed E-state index contributed by atoms with van der Waals surface area (Å²) in [6.07, 6.45) is -13.6. The molecule has 0 fully saturated rings. The average Bonchev–Trinajstić information content (AvgIpc) is 2.64. The fraction of sp³-hybridized carbons (Fsp3) is 0.500. The van der Waals surface area contributed by atoms with Crippen LogP contribution in [-0.4, -0.2) is 139 Å². The summed E-state index contributed by atoms with van der Waals surface area (Å²) < 4.78 is 0. The molecule has 0 saturated carbocycles. The van der Waals surface area contributed by atoms with Crippen molar-refractivity contribution >= 4 is 35.8 Å². The van der Waals surface area contributed by atoms with Crippen LogP contribution in [0.15, 0.2) is 0 Å². The van der Waals surface area contributed by atoms with Crippen LogP contribution in [0.3, 0.4) is 0 Å². The van der Waals surface area contributed by atoms with E-state index in [1.165, 1.54) is 0 Å². The second-order valence-electron chi connectivity index (χ2n) is 4.70. The minimum Gasteiger partial charge on any atom is -0.479 e. The first-order valence-corrected chi connectivity index (χ1v) is 6.85. The molecule has 0 aromatic rings. The second-order valence-corrected chi connectivity index (χ2v) is 4.70. The van der Waals surface area contributed by atoms with Gasteiger partial charge >= 0.3 is 35.8 Å². The summed E-state index contributed by atoms with van der Waals surface area (Å²) in [4.78, 5) is 58.6. The van der Waals surface area contributed by atoms with Crippen molar-refractivity contribution in [3.63, 3.8) is 0 Å². The molecule has 0 rings (SSSR count). The van der Waals surface area contributed by atoms with E-state index in [9.17, 15) is 28.8 Å². The maximum absolute atomic E-state index is 9.77. The Morgan fingerprint density at radius 1 is 0.333 bits per heavy atom. The Balaban J connectivity index is -0.0000000792. The molecule has 6 atom stereocenters. The summed E-state index contributed by atoms with van der Waals surface area (Å²) in [7, 11) is 0. The molecule has 21 heteroatoms. The molecule has 0 heterocycles. The number of carboxylic acid groups (broad SMARTS) is 6. The zero-order chi connectivity index (χ0) is 24.9. The molecular formula is C12H20O19Y2. The Kier molecular flexibility index (Phi) is 30.9. The van der Waals surface area contributed by atoms with Crippen LogP contribution < -0.4 is 0 Å². The molecule has 0 aliphatic rings. The molecule has 19 nitrogen and oxygen atoms in total. The van der Waals surface area contributed by atoms with Crippen molar-refractivity contribution in [2.45, 2.75) is 36.6 Å². The van der Waals surface area contributed by atoms with Gasteiger partial charge in [-0.15, -0.1) is 0 Å². The summed E-state index contributed by atoms with van der Waals surface area (Å²) in [6.45, 7) is 0. The quantitative estimate of drug-likeness (QED) is 0.111. The molecule has 0 amide bonds. The number of hydrogen-bond acceptors (Lipinski definition) is 12. The van der Waals surface area contributed by atoms with E-state index < -0.39 is 72.4 Å². The summed E-state index contributed by atoms with van der Waals surface area (Å²) in [5.41, 5.74) is 0. The van der Waals surface area contributed by atoms with Crippen LogP contribution >= 0.6 is 0 Å². The molecule has 2 radical (unpaired) electrons. The fourth-order valence-electron chi connectivity index (χ4n) is 0.810. The van der Waals surface area contributed by atoms with Crippen LogP contribution in [0.1, 0.15) is 0 Å². The van der Waals surface area contributed by atoms with E-state index in [4.69, 9.17) is 61.3 Å². The Hall–Kier alpha value is -1.25. The maximum atomic E-state index is 9.77. The molecule has 0 spiro atoms. The summed E-state index contributed by atoms with van der Waals surface area (Å²) in [6, 6.07) is 0. The molecule has 0 saturated heterocycles. The first-order chi connectivity index (χ1) is 13.4. The van der Waals surface area contributed by atoms with Gasteiger partial charge in [0, 0.05) is 65.4 Å². The van der Waals surface area contributed by atoms with Gasteiger partial charge < -0.3 is 66.8 Å². The molecule has 33 heavy (non-hydrogen) atoms. The van der Waals surface area contributed by atoms with Crippen molar-refractivity contribution in [1.82, 2.24) is 0 Å². The third kappa shape index (κ3) is 21.0. The second kappa shape index (κ2) is 22.5. The topological polar surface area (TPSA) is 377 Å². The van der Waals surface area contributed by atoms with E-state index in [1.54, 1.807) is 0 Å². The van der Waals surface area contributed by atoms with Crippen molar-refractivity contribution in [3.05, 3.63) is 0 Å². The molecule has 0 aromatic heterocycles. The maximum Gasteiger partial charge on any atom is 0.335 e. The predicted octanol–water partition coefficient (Wildman–Crippen LogP) is -7.20. The van der Waals surface area contributed by atoms with Gasteiger partial charge in [0.15, 0.2) is 36.6 Å². The van der Waals surface area contributed by atoms with Gasteiger partial charge in [-0.25, -0.2) is 28.8 Å². The largest absolute Gasteiger partial charge is 0.479 e. The Bertz CT molecular complexity index is 499. The first-order valence-electron chi connectivity index (χ1n) is 6.85. The summed E-state index contributed by atoms with van der Waals surface area (Å²) in [5, 5.41) is 97.6. The Labute approximate surface area is 232 Å². The van der Waals surface area contributed by atoms with Crippen LogP contribution in [0, 0.1) is 0 Å². The Morgan fingerprint density at radius 2 is 0.394 bits per heavy atom. The number of carboxylic acids is 6. The Morgan fingerprint density at radius 3 is 0.424 bits per heavy atom. The van der Waals surface area contributed by atoms with E-state index in [2.05, 4.69) is 0 Å². The van der Waals surface area contributed by atoms with Crippen LogP contribution in [-0.2, 0) is 94.2 Å². The predicted molar refractivity (Wildman–Crippen MR) is 85.5 cm³/mol. The van der Waals surface area contributed by atoms with E-state index in [0.717, 1.165) is 0 Å². The molecule has 6 unspecified atom stereocenters. The van der Waals surface area contributed by atoms with Crippen molar-refractivity contribution in [1.29, 1.82) is 0 Å². The van der Waals surface area contributed by atoms with E-state index in [1.807, 2.05) is 0 Å². The number of aliphatic carboxylic acids is 6. The monoisotopic (exact) mass is 646 g/mol. The van der Waals surface area contributed by atoms with Gasteiger partial charge in [0.1, 0.15) is 0 Å². The minimum atomic E-state index is -2.27. The number of aliphatic hydroxyl groups is 6. The standard InChI is InChI=1S/3C4H6O6.H2O.2Y/c3*5-1(3(7)8)2(6)4(9)10;;;/h3*1-2,5-6H,(H,7,8)(H,9,10);1H2;;. The van der Waals surface area contributed by atoms with Crippen LogP contribution in [0.2, 0.25) is 0 Å². The average molecular weight is 646 g/mol. The smallest absolute Gasteiger partial charge is 0.335 e. The van der Waals surface area contributed by atoms with E-state index in [-0.39, 0.29) is 70.9 Å². The van der Waals surface area contributed by atoms with E-state index in [0.29, 0.717) is 0 Å². The number of aliphatic hydroxyl groups excluding tert-OH is 6. The van der Waals surface area contributed by atoms with E-state index >= 15 is 0 Å². The van der Waals surface area contributed by atoms with Crippen molar-refractivity contribution in [3.8, 4) is 0 Å². The van der Waals surface area contributed by atoms with Gasteiger partial charge in [0.2, 0.25) is 0 Å². The van der Waals surface area contributed by atoms with Crippen LogP contribution in [0.5, 0.6) is 0 Å². The van der Waals surface area contributed by atoms with Crippen molar-refractivity contribution < 1.29 is 161 Å². The van der Waals surface area contributed by atoms with Crippen molar-refractivity contribution in [2.24, 2.45) is 0 Å². The third-order valence-corrected chi connectivity index (χ3v) is 2.42. The molecular weight excluding hydrogens is 626 g/mol. The molecule has 0 aliphatic heterocycles. The van der Waals surface area contributed by atoms with Gasteiger partial charge in [0.05, 0.1) is 0 Å². The zero-order valence-corrected chi connectivity index (χ0v) is 21.6. The van der Waals surface area contributed by atoms with Crippen LogP contribution in [0.25, 0.3) is 0 Å². The SMILES string of the molecule is O.O=C(O)C(O)C(O)C(=O)O.O=C(O)C(O)C(O)C(=O)O.O=C(O)C(O)C(O)C(=O)O.[Y].[Y]. The molecule has 188 valence electrons. The van der Waals surface area contributed by atoms with Gasteiger partial charge in [-0.1, -0.05) is 0 Å². The van der Waals surface area contributed by atoms with Gasteiger partial charge in [-0.3, -0.25) is 0 Å². The summed E-state index contributed by atoms with van der Waals surface area (Å²) >= 11 is 0. The number of rotatable bonds is 9. The van der Waals surface area contributed by atoms with Gasteiger partial charge in [-0.2, -0.15) is 0 Å². The summed E-state index contributed by atoms with van der Waals surface area (Å²) in [5.74, 6) is -10.6. The molecule has 14 N–H and O–H groups in total. The third-order valence-electron chi connectivity index (χ3n) is 2.42. The fourth-order valence-corrected chi connectivity index (χ4v) is 0.810. The first kappa shape index (κ1) is 45.3. The molecule has 0 aromatic carbocycles. The zero-order valence-electron chi connectivity index (χ0n) is 15.9. The number of carbonyl (C=O) groups is 6. The molecule has 0 bridgehead atoms. The van der Waals surface area contributed by atoms with Gasteiger partial charge in [0.25, 0.3) is 0 Å². The van der Waals surface area contributed by atoms with Crippen LogP contribution in [0.4, 0.5) is 0 Å². The van der Waals surface area contributed by atoms with Gasteiger partial charge in [-0.05, 0) is 0 Å². The van der Waals surface area contributed by atoms with Crippen molar-refractivity contribution in [2.75, 3.05) is 0 Å². The number of hydrogen-bond donors (Lipinski definition) is 12. The molecule has 0 aliphatic carbocycles. The minimum absolute atomic E-state index is 0. The normalized spacial score (nSPS) is 14.4.